The molecule has 0 atom stereocenters. The third kappa shape index (κ3) is 3.52. The van der Waals surface area contributed by atoms with Crippen LogP contribution in [0, 0.1) is 9.54 Å². The van der Waals surface area contributed by atoms with Crippen molar-refractivity contribution in [3.8, 4) is 0 Å². The first-order valence-electron chi connectivity index (χ1n) is 5.20. The topological polar surface area (TPSA) is 119 Å². The summed E-state index contributed by atoms with van der Waals surface area (Å²) in [5.41, 5.74) is 0. The van der Waals surface area contributed by atoms with Crippen molar-refractivity contribution in [2.75, 3.05) is 23.2 Å². The van der Waals surface area contributed by atoms with Crippen LogP contribution in [0.25, 0.3) is 0 Å². The molecule has 2 aromatic rings. The van der Waals surface area contributed by atoms with Gasteiger partial charge in [-0.25, -0.2) is 19.5 Å². The molecule has 2 rings (SSSR count). The van der Waals surface area contributed by atoms with Crippen molar-refractivity contribution < 1.29 is 0 Å². The lowest BCUT2D eigenvalue weighted by Crippen LogP contribution is -2.10. The van der Waals surface area contributed by atoms with Gasteiger partial charge < -0.3 is 11.7 Å². The van der Waals surface area contributed by atoms with Crippen molar-refractivity contribution in [3.63, 3.8) is 0 Å². The summed E-state index contributed by atoms with van der Waals surface area (Å²) >= 11 is 12.9. The fourth-order valence-corrected chi connectivity index (χ4v) is 3.36. The Morgan fingerprint density at radius 3 is 1.68 bits per heavy atom. The summed E-state index contributed by atoms with van der Waals surface area (Å²) in [6.07, 6.45) is 0.953. The Morgan fingerprint density at radius 2 is 1.37 bits per heavy atom. The van der Waals surface area contributed by atoms with Gasteiger partial charge in [-0.05, 0) is 30.9 Å². The molecule has 0 spiro atoms. The fourth-order valence-electron chi connectivity index (χ4n) is 1.17. The predicted molar refractivity (Wildman–Crippen MR) is 81.2 cm³/mol. The van der Waals surface area contributed by atoms with E-state index < -0.39 is 0 Å². The van der Waals surface area contributed by atoms with Crippen molar-refractivity contribution in [1.82, 2.24) is 29.7 Å². The van der Waals surface area contributed by atoms with Crippen molar-refractivity contribution in [3.05, 3.63) is 9.54 Å². The number of hydrogen-bond donors (Lipinski definition) is 4. The molecular weight excluding hydrogens is 324 g/mol. The van der Waals surface area contributed by atoms with Crippen LogP contribution in [0.15, 0.2) is 10.3 Å². The van der Waals surface area contributed by atoms with Crippen LogP contribution in [-0.2, 0) is 0 Å². The first-order valence-corrected chi connectivity index (χ1v) is 7.99. The van der Waals surface area contributed by atoms with Crippen LogP contribution >= 0.6 is 48.0 Å². The first-order chi connectivity index (χ1) is 9.09. The maximum Gasteiger partial charge on any atom is 0.214 e. The van der Waals surface area contributed by atoms with Crippen LogP contribution in [0.1, 0.15) is 6.42 Å². The van der Waals surface area contributed by atoms with E-state index in [9.17, 15) is 0 Å². The van der Waals surface area contributed by atoms with Crippen molar-refractivity contribution >= 4 is 48.0 Å². The molecule has 8 nitrogen and oxygen atoms in total. The number of nitrogens with one attached hydrogen (secondary N) is 2. The summed E-state index contributed by atoms with van der Waals surface area (Å²) in [5.74, 6) is 13.1. The highest BCUT2D eigenvalue weighted by molar-refractivity contribution is 8.00. The highest BCUT2D eigenvalue weighted by atomic mass is 32.2. The van der Waals surface area contributed by atoms with Crippen LogP contribution in [0.4, 0.5) is 0 Å². The molecule has 104 valence electrons. The van der Waals surface area contributed by atoms with E-state index in [-0.39, 0.29) is 0 Å². The molecule has 12 heteroatoms. The molecule has 0 saturated heterocycles. The molecule has 0 saturated carbocycles. The van der Waals surface area contributed by atoms with E-state index in [1.807, 2.05) is 0 Å². The number of aromatic amines is 2. The van der Waals surface area contributed by atoms with Gasteiger partial charge in [-0.1, -0.05) is 23.5 Å². The van der Waals surface area contributed by atoms with Gasteiger partial charge in [0.05, 0.1) is 0 Å². The molecule has 0 bridgehead atoms. The molecule has 0 aromatic carbocycles. The van der Waals surface area contributed by atoms with Crippen LogP contribution in [0.5, 0.6) is 0 Å². The van der Waals surface area contributed by atoms with Gasteiger partial charge >= 0.3 is 0 Å². The smallest absolute Gasteiger partial charge is 0.214 e. The number of rotatable bonds is 6. The quantitative estimate of drug-likeness (QED) is 0.266. The molecule has 2 aromatic heterocycles. The van der Waals surface area contributed by atoms with Crippen molar-refractivity contribution in [1.29, 1.82) is 0 Å². The number of nitrogen functional groups attached to an aromatic ring is 2. The Hall–Kier alpha value is -0.980. The standard InChI is InChI=1S/C7H12N8S4/c8-14-4(16)10-12-6(14)18-2-1-3-19-7-13-11-5(17)15(7)9/h1-3,8-9H2,(H,10,16)(H,11,17). The van der Waals surface area contributed by atoms with Gasteiger partial charge in [0.15, 0.2) is 0 Å². The molecule has 6 N–H and O–H groups in total. The third-order valence-electron chi connectivity index (χ3n) is 2.10. The fraction of sp³-hybridized carbons (Fsp3) is 0.429. The minimum Gasteiger partial charge on any atom is -0.335 e. The van der Waals surface area contributed by atoms with Gasteiger partial charge in [-0.2, -0.15) is 0 Å². The van der Waals surface area contributed by atoms with E-state index >= 15 is 0 Å². The maximum absolute atomic E-state index is 5.68. The Morgan fingerprint density at radius 1 is 0.947 bits per heavy atom. The zero-order valence-electron chi connectivity index (χ0n) is 9.70. The summed E-state index contributed by atoms with van der Waals surface area (Å²) in [5, 5.41) is 14.6. The number of nitrogens with zero attached hydrogens (tertiary/aromatic N) is 4. The van der Waals surface area contributed by atoms with E-state index in [0.717, 1.165) is 17.9 Å². The van der Waals surface area contributed by atoms with Gasteiger partial charge in [0, 0.05) is 11.5 Å². The van der Waals surface area contributed by atoms with Gasteiger partial charge in [0.2, 0.25) is 19.9 Å². The van der Waals surface area contributed by atoms with E-state index in [1.165, 1.54) is 9.35 Å². The number of aromatic nitrogens is 6. The Balaban J connectivity index is 1.73. The Bertz CT molecular complexity index is 594. The molecule has 2 heterocycles. The molecule has 0 aliphatic carbocycles. The van der Waals surface area contributed by atoms with Gasteiger partial charge in [-0.3, -0.25) is 0 Å². The van der Waals surface area contributed by atoms with Crippen LogP contribution < -0.4 is 11.7 Å². The number of hydrogen-bond acceptors (Lipinski definition) is 8. The maximum atomic E-state index is 5.68. The lowest BCUT2D eigenvalue weighted by Gasteiger charge is -2.01. The summed E-state index contributed by atoms with van der Waals surface area (Å²) in [6.45, 7) is 0. The van der Waals surface area contributed by atoms with E-state index in [4.69, 9.17) is 36.1 Å². The monoisotopic (exact) mass is 336 g/mol. The van der Waals surface area contributed by atoms with E-state index in [2.05, 4.69) is 20.4 Å². The summed E-state index contributed by atoms with van der Waals surface area (Å²) in [6, 6.07) is 0. The second-order valence-electron chi connectivity index (χ2n) is 3.41. The van der Waals surface area contributed by atoms with E-state index in [0.29, 0.717) is 19.9 Å². The van der Waals surface area contributed by atoms with Crippen LogP contribution in [0.3, 0.4) is 0 Å². The van der Waals surface area contributed by atoms with Crippen molar-refractivity contribution in [2.24, 2.45) is 0 Å². The van der Waals surface area contributed by atoms with Gasteiger partial charge in [-0.15, -0.1) is 10.2 Å². The SMILES string of the molecule is Nn1c(SCCCSc2n[nH]c(=S)n2N)n[nH]c1=S. The highest BCUT2D eigenvalue weighted by Crippen LogP contribution is 2.18. The summed E-state index contributed by atoms with van der Waals surface area (Å²) in [4.78, 5) is 0. The molecule has 0 amide bonds. The zero-order chi connectivity index (χ0) is 13.8. The molecule has 0 aliphatic heterocycles. The third-order valence-corrected chi connectivity index (χ3v) is 4.75. The lowest BCUT2D eigenvalue weighted by atomic mass is 10.6. The molecule has 19 heavy (non-hydrogen) atoms. The van der Waals surface area contributed by atoms with Crippen LogP contribution in [0.2, 0.25) is 0 Å². The molecule has 0 radical (unpaired) electrons. The largest absolute Gasteiger partial charge is 0.335 e. The lowest BCUT2D eigenvalue weighted by molar-refractivity contribution is 0.835. The minimum absolute atomic E-state index is 0.413. The molecule has 0 unspecified atom stereocenters. The number of thioether (sulfide) groups is 2. The Labute approximate surface area is 127 Å². The van der Waals surface area contributed by atoms with E-state index in [1.54, 1.807) is 23.5 Å². The van der Waals surface area contributed by atoms with Gasteiger partial charge in [0.25, 0.3) is 0 Å². The summed E-state index contributed by atoms with van der Waals surface area (Å²) < 4.78 is 3.54. The number of H-pyrrole nitrogens is 2. The highest BCUT2D eigenvalue weighted by Gasteiger charge is 2.05. The minimum atomic E-state index is 0.413. The average molecular weight is 336 g/mol. The second kappa shape index (κ2) is 6.45. The Kier molecular flexibility index (Phi) is 4.90. The number of nitrogens with two attached hydrogens (primary N) is 2. The van der Waals surface area contributed by atoms with Gasteiger partial charge in [0.1, 0.15) is 0 Å². The average Bonchev–Trinajstić information content (AvgIpc) is 2.88. The summed E-state index contributed by atoms with van der Waals surface area (Å²) in [7, 11) is 0. The first kappa shape index (κ1) is 14.4. The molecular formula is C7H12N8S4. The second-order valence-corrected chi connectivity index (χ2v) is 6.31. The molecule has 0 aliphatic rings. The zero-order valence-corrected chi connectivity index (χ0v) is 13.0. The molecule has 0 fully saturated rings. The van der Waals surface area contributed by atoms with Crippen molar-refractivity contribution in [2.45, 2.75) is 16.7 Å². The normalized spacial score (nSPS) is 10.9. The predicted octanol–water partition coefficient (Wildman–Crippen LogP) is 0.897. The van der Waals surface area contributed by atoms with Crippen LogP contribution in [-0.4, -0.2) is 41.3 Å².